The molecule has 4 aromatic rings. The molecular weight excluding hydrogens is 396 g/mol. The Balaban J connectivity index is 2.18. The van der Waals surface area contributed by atoms with Crippen LogP contribution in [0.3, 0.4) is 0 Å². The Bertz CT molecular complexity index is 1190. The van der Waals surface area contributed by atoms with Crippen LogP contribution in [0.2, 0.25) is 0 Å². The molecular formula is C29H32O3. The quantitative estimate of drug-likeness (QED) is 0.343. The van der Waals surface area contributed by atoms with Crippen LogP contribution < -0.4 is 9.47 Å². The molecule has 32 heavy (non-hydrogen) atoms. The number of rotatable bonds is 7. The van der Waals surface area contributed by atoms with Crippen molar-refractivity contribution in [2.24, 2.45) is 0 Å². The van der Waals surface area contributed by atoms with Crippen LogP contribution in [0.25, 0.3) is 32.7 Å². The lowest BCUT2D eigenvalue weighted by molar-refractivity contribution is 0.201. The third-order valence-corrected chi connectivity index (χ3v) is 5.91. The van der Waals surface area contributed by atoms with E-state index < -0.39 is 0 Å². The van der Waals surface area contributed by atoms with Crippen molar-refractivity contribution in [1.82, 2.24) is 0 Å². The van der Waals surface area contributed by atoms with Crippen molar-refractivity contribution in [3.8, 4) is 22.6 Å². The summed E-state index contributed by atoms with van der Waals surface area (Å²) in [6.07, 6.45) is 0.937. The van der Waals surface area contributed by atoms with Gasteiger partial charge in [-0.1, -0.05) is 54.4 Å². The van der Waals surface area contributed by atoms with Crippen LogP contribution in [-0.4, -0.2) is 24.9 Å². The zero-order chi connectivity index (χ0) is 22.8. The lowest BCUT2D eigenvalue weighted by Crippen LogP contribution is -2.06. The van der Waals surface area contributed by atoms with Gasteiger partial charge >= 0.3 is 0 Å². The maximum atomic E-state index is 9.50. The second kappa shape index (κ2) is 9.22. The molecule has 0 bridgehead atoms. The molecule has 0 heterocycles. The van der Waals surface area contributed by atoms with E-state index in [0.717, 1.165) is 50.9 Å². The summed E-state index contributed by atoms with van der Waals surface area (Å²) >= 11 is 0. The van der Waals surface area contributed by atoms with Crippen LogP contribution in [0.5, 0.6) is 11.5 Å². The van der Waals surface area contributed by atoms with E-state index in [1.165, 1.54) is 21.9 Å². The number of aryl methyl sites for hydroxylation is 4. The van der Waals surface area contributed by atoms with Gasteiger partial charge in [0, 0.05) is 11.1 Å². The van der Waals surface area contributed by atoms with E-state index in [-0.39, 0.29) is 13.2 Å². The highest BCUT2D eigenvalue weighted by molar-refractivity contribution is 6.11. The molecule has 0 amide bonds. The van der Waals surface area contributed by atoms with Gasteiger partial charge in [0.1, 0.15) is 18.1 Å². The van der Waals surface area contributed by atoms with Gasteiger partial charge in [-0.05, 0) is 78.9 Å². The van der Waals surface area contributed by atoms with E-state index in [1.54, 1.807) is 0 Å². The van der Waals surface area contributed by atoms with Gasteiger partial charge in [-0.3, -0.25) is 0 Å². The zero-order valence-electron chi connectivity index (χ0n) is 19.7. The molecule has 0 spiro atoms. The van der Waals surface area contributed by atoms with Crippen LogP contribution in [0.15, 0.2) is 48.5 Å². The maximum absolute atomic E-state index is 9.50. The Labute approximate surface area is 190 Å². The Morgan fingerprint density at radius 3 is 1.56 bits per heavy atom. The fourth-order valence-electron chi connectivity index (χ4n) is 4.52. The highest BCUT2D eigenvalue weighted by Crippen LogP contribution is 2.48. The van der Waals surface area contributed by atoms with Gasteiger partial charge in [-0.2, -0.15) is 0 Å². The van der Waals surface area contributed by atoms with Gasteiger partial charge < -0.3 is 14.6 Å². The van der Waals surface area contributed by atoms with E-state index in [1.807, 2.05) is 0 Å². The first-order valence-electron chi connectivity index (χ1n) is 11.4. The molecule has 4 rings (SSSR count). The average Bonchev–Trinajstić information content (AvgIpc) is 2.75. The van der Waals surface area contributed by atoms with Crippen molar-refractivity contribution in [2.45, 2.75) is 41.0 Å². The minimum Gasteiger partial charge on any atom is -0.493 e. The summed E-state index contributed by atoms with van der Waals surface area (Å²) in [5.74, 6) is 1.72. The molecule has 0 saturated carbocycles. The van der Waals surface area contributed by atoms with Crippen LogP contribution in [0.1, 0.15) is 35.6 Å². The molecule has 0 aliphatic carbocycles. The van der Waals surface area contributed by atoms with Gasteiger partial charge in [0.05, 0.1) is 13.2 Å². The van der Waals surface area contributed by atoms with Gasteiger partial charge in [0.25, 0.3) is 0 Å². The first-order valence-corrected chi connectivity index (χ1v) is 11.4. The summed E-state index contributed by atoms with van der Waals surface area (Å²) in [6, 6.07) is 17.5. The molecule has 0 aliphatic rings. The van der Waals surface area contributed by atoms with Crippen molar-refractivity contribution in [3.05, 3.63) is 70.8 Å². The SMILES string of the molecule is CCCOc1c(C)cc2cc(C)ccc2c1-c1c(OCCO)c(C)cc2cc(C)ccc12. The third-order valence-electron chi connectivity index (χ3n) is 5.91. The van der Waals surface area contributed by atoms with E-state index in [9.17, 15) is 5.11 Å². The van der Waals surface area contributed by atoms with Gasteiger partial charge in [-0.25, -0.2) is 0 Å². The number of fused-ring (bicyclic) bond motifs is 2. The average molecular weight is 429 g/mol. The van der Waals surface area contributed by atoms with Gasteiger partial charge in [0.2, 0.25) is 0 Å². The van der Waals surface area contributed by atoms with Gasteiger partial charge in [-0.15, -0.1) is 0 Å². The third kappa shape index (κ3) is 4.05. The molecule has 0 saturated heterocycles. The van der Waals surface area contributed by atoms with E-state index >= 15 is 0 Å². The predicted octanol–water partition coefficient (Wildman–Crippen LogP) is 7.05. The van der Waals surface area contributed by atoms with Crippen molar-refractivity contribution >= 4 is 21.5 Å². The minimum atomic E-state index is -0.0300. The molecule has 166 valence electrons. The molecule has 0 aliphatic heterocycles. The Morgan fingerprint density at radius 2 is 1.12 bits per heavy atom. The summed E-state index contributed by atoms with van der Waals surface area (Å²) < 4.78 is 12.6. The van der Waals surface area contributed by atoms with Crippen LogP contribution in [-0.2, 0) is 0 Å². The summed E-state index contributed by atoms with van der Waals surface area (Å²) in [5.41, 5.74) is 6.72. The zero-order valence-corrected chi connectivity index (χ0v) is 19.7. The van der Waals surface area contributed by atoms with Gasteiger partial charge in [0.15, 0.2) is 0 Å². The predicted molar refractivity (Wildman–Crippen MR) is 134 cm³/mol. The van der Waals surface area contributed by atoms with E-state index in [4.69, 9.17) is 9.47 Å². The Morgan fingerprint density at radius 1 is 0.656 bits per heavy atom. The second-order valence-corrected chi connectivity index (χ2v) is 8.66. The largest absolute Gasteiger partial charge is 0.493 e. The fraction of sp³-hybridized carbons (Fsp3) is 0.310. The number of hydrogen-bond donors (Lipinski definition) is 1. The topological polar surface area (TPSA) is 38.7 Å². The Kier molecular flexibility index (Phi) is 6.38. The highest BCUT2D eigenvalue weighted by Gasteiger charge is 2.22. The number of benzene rings is 4. The molecule has 3 nitrogen and oxygen atoms in total. The fourth-order valence-corrected chi connectivity index (χ4v) is 4.52. The minimum absolute atomic E-state index is 0.0300. The van der Waals surface area contributed by atoms with Crippen molar-refractivity contribution < 1.29 is 14.6 Å². The first kappa shape index (κ1) is 22.2. The smallest absolute Gasteiger partial charge is 0.130 e. The standard InChI is InChI=1S/C29H32O3/c1-6-12-31-28-20(4)16-22-14-18(2)7-9-24(22)26(28)27-25-10-8-19(3)15-23(25)17-21(5)29(27)32-13-11-30/h7-10,14-17,30H,6,11-13H2,1-5H3. The molecule has 0 unspecified atom stereocenters. The number of aliphatic hydroxyl groups excluding tert-OH is 1. The molecule has 0 fully saturated rings. The number of hydrogen-bond acceptors (Lipinski definition) is 3. The number of aliphatic hydroxyl groups is 1. The van der Waals surface area contributed by atoms with Crippen LogP contribution in [0, 0.1) is 27.7 Å². The second-order valence-electron chi connectivity index (χ2n) is 8.66. The lowest BCUT2D eigenvalue weighted by atomic mass is 9.88. The Hall–Kier alpha value is -3.04. The normalized spacial score (nSPS) is 11.3. The summed E-state index contributed by atoms with van der Waals surface area (Å²) in [4.78, 5) is 0. The van der Waals surface area contributed by atoms with Crippen molar-refractivity contribution in [1.29, 1.82) is 0 Å². The van der Waals surface area contributed by atoms with E-state index in [0.29, 0.717) is 6.61 Å². The lowest BCUT2D eigenvalue weighted by Gasteiger charge is -2.22. The summed E-state index contributed by atoms with van der Waals surface area (Å²) in [6.45, 7) is 11.4. The molecule has 4 aromatic carbocycles. The highest BCUT2D eigenvalue weighted by atomic mass is 16.5. The van der Waals surface area contributed by atoms with E-state index in [2.05, 4.69) is 83.1 Å². The summed E-state index contributed by atoms with van der Waals surface area (Å²) in [5, 5.41) is 14.1. The van der Waals surface area contributed by atoms with Crippen molar-refractivity contribution in [3.63, 3.8) is 0 Å². The molecule has 0 aromatic heterocycles. The molecule has 0 atom stereocenters. The molecule has 0 radical (unpaired) electrons. The van der Waals surface area contributed by atoms with Crippen LogP contribution >= 0.6 is 0 Å². The molecule has 3 heteroatoms. The van der Waals surface area contributed by atoms with Crippen molar-refractivity contribution in [2.75, 3.05) is 19.8 Å². The summed E-state index contributed by atoms with van der Waals surface area (Å²) in [7, 11) is 0. The maximum Gasteiger partial charge on any atom is 0.130 e. The monoisotopic (exact) mass is 428 g/mol. The first-order chi connectivity index (χ1) is 15.4. The van der Waals surface area contributed by atoms with Crippen LogP contribution in [0.4, 0.5) is 0 Å². The number of ether oxygens (including phenoxy) is 2. The molecule has 1 N–H and O–H groups in total.